The lowest BCUT2D eigenvalue weighted by Crippen LogP contribution is -2.59. The number of fused-ring (bicyclic) bond motifs is 6. The van der Waals surface area contributed by atoms with Crippen LogP contribution in [0.5, 0.6) is 0 Å². The van der Waals surface area contributed by atoms with Gasteiger partial charge in [-0.1, -0.05) is 48.5 Å². The van der Waals surface area contributed by atoms with Gasteiger partial charge in [0.1, 0.15) is 11.6 Å². The Bertz CT molecular complexity index is 5050. The fraction of sp³-hybridized carbons (Fsp3) is 0.234. The van der Waals surface area contributed by atoms with Crippen LogP contribution in [0.25, 0.3) is 32.1 Å². The molecule has 18 nitrogen and oxygen atoms in total. The van der Waals surface area contributed by atoms with E-state index in [2.05, 4.69) is 31.2 Å². The maximum atomic E-state index is 16.2. The van der Waals surface area contributed by atoms with Crippen LogP contribution in [0.15, 0.2) is 164 Å². The molecule has 9 heterocycles. The number of anilines is 9. The summed E-state index contributed by atoms with van der Waals surface area (Å²) in [4.78, 5) is 90.6. The minimum Gasteiger partial charge on any atom is -0.381 e. The highest BCUT2D eigenvalue weighted by Crippen LogP contribution is 2.47. The predicted molar refractivity (Wildman–Crippen MR) is 390 cm³/mol. The van der Waals surface area contributed by atoms with E-state index in [4.69, 9.17) is 9.72 Å². The van der Waals surface area contributed by atoms with Crippen molar-refractivity contribution in [1.82, 2.24) is 9.97 Å². The van der Waals surface area contributed by atoms with E-state index in [1.807, 2.05) is 96.8 Å². The van der Waals surface area contributed by atoms with E-state index in [-0.39, 0.29) is 59.7 Å². The third-order valence-electron chi connectivity index (χ3n) is 19.5. The number of ether oxygens (including phenoxy) is 1. The molecule has 100 heavy (non-hydrogen) atoms. The molecule has 3 saturated heterocycles. The lowest BCUT2D eigenvalue weighted by Gasteiger charge is -2.53. The summed E-state index contributed by atoms with van der Waals surface area (Å²) in [6, 6.07) is 45.9. The van der Waals surface area contributed by atoms with E-state index < -0.39 is 39.2 Å². The summed E-state index contributed by atoms with van der Waals surface area (Å²) < 4.78 is 61.0. The number of carbonyl (C=O) groups is 5. The summed E-state index contributed by atoms with van der Waals surface area (Å²) in [5.74, 6) is -1.69. The Labute approximate surface area is 584 Å². The van der Waals surface area contributed by atoms with Crippen LogP contribution in [0.2, 0.25) is 0 Å². The molecule has 5 aliphatic rings. The molecule has 0 saturated carbocycles. The van der Waals surface area contributed by atoms with Crippen molar-refractivity contribution in [2.75, 3.05) is 105 Å². The van der Waals surface area contributed by atoms with Gasteiger partial charge in [-0.2, -0.15) is 0 Å². The number of rotatable bonds is 13. The minimum atomic E-state index is -3.14. The molecule has 0 aliphatic carbocycles. The number of nitrogens with zero attached hydrogens (tertiary/aromatic N) is 6. The zero-order chi connectivity index (χ0) is 69.1. The van der Waals surface area contributed by atoms with Crippen molar-refractivity contribution in [3.63, 3.8) is 0 Å². The Morgan fingerprint density at radius 2 is 1.12 bits per heavy atom. The molecule has 5 amide bonds. The number of thiophene rings is 2. The first kappa shape index (κ1) is 65.5. The predicted octanol–water partition coefficient (Wildman–Crippen LogP) is 14.6. The molecule has 0 unspecified atom stereocenters. The number of pyridine rings is 2. The van der Waals surface area contributed by atoms with Gasteiger partial charge >= 0.3 is 0 Å². The Hall–Kier alpha value is -10.5. The topological polar surface area (TPSA) is 216 Å². The van der Waals surface area contributed by atoms with Crippen LogP contribution in [0.4, 0.5) is 60.2 Å². The maximum absolute atomic E-state index is 16.2. The number of carbonyl (C=O) groups excluding carboxylic acids is 5. The van der Waals surface area contributed by atoms with E-state index in [0.717, 1.165) is 80.6 Å². The number of nitrogens with one attached hydrogen (secondary N) is 4. The third-order valence-corrected chi connectivity index (χ3v) is 23.5. The molecule has 506 valence electrons. The van der Waals surface area contributed by atoms with Crippen LogP contribution >= 0.6 is 22.7 Å². The molecule has 10 aromatic rings. The molecule has 4 aromatic heterocycles. The standard InChI is InChI=1S/C77H68F2N10O8S3/c1-45-39-61(70(80-42-45)86-33-37-100(95,96)38-34-86)83-72(90)48-15-17-49(18-16-48)75(93)88-31-27-52-41-65(99-69(52)55-10-4-6-13-62(55)88)74(92)85-67-47(3)54(23-24-58(67)79)59-25-26-60(71(82-59)87-43-77(44-87)29-35-97-36-30-77)81-53-21-19-50(20-22-53)76(94)89-32-28-51-40-64(98-68(51)56-11-5-7-14-63(56)89)73(91)84-66-46(2)9-8-12-57(66)78/h4-26,39-42,81H,27-38,43-44H2,1-3H3,(H,83,90)(H,84,91)(H,85,92). The highest BCUT2D eigenvalue weighted by atomic mass is 32.2. The Morgan fingerprint density at radius 3 is 1.73 bits per heavy atom. The third kappa shape index (κ3) is 12.8. The molecular weight excluding hydrogens is 1330 g/mol. The summed E-state index contributed by atoms with van der Waals surface area (Å²) in [5.41, 5.74) is 11.2. The zero-order valence-electron chi connectivity index (χ0n) is 54.9. The number of amides is 5. The van der Waals surface area contributed by atoms with Crippen LogP contribution < -0.4 is 40.9 Å². The summed E-state index contributed by atoms with van der Waals surface area (Å²) in [7, 11) is -3.14. The Balaban J connectivity index is 0.635. The van der Waals surface area contributed by atoms with Crippen molar-refractivity contribution in [3.8, 4) is 32.1 Å². The largest absolute Gasteiger partial charge is 0.381 e. The van der Waals surface area contributed by atoms with E-state index >= 15 is 4.39 Å². The molecule has 23 heteroatoms. The normalized spacial score (nSPS) is 15.8. The van der Waals surface area contributed by atoms with Crippen LogP contribution in [0.3, 0.4) is 0 Å². The summed E-state index contributed by atoms with van der Waals surface area (Å²) in [5, 5.41) is 12.2. The monoisotopic (exact) mass is 1390 g/mol. The number of benzene rings is 6. The number of aromatic nitrogens is 2. The lowest BCUT2D eigenvalue weighted by atomic mass is 9.73. The van der Waals surface area contributed by atoms with Gasteiger partial charge in [-0.15, -0.1) is 22.7 Å². The molecule has 15 rings (SSSR count). The van der Waals surface area contributed by atoms with Crippen molar-refractivity contribution >= 4 is 113 Å². The average Bonchev–Trinajstić information content (AvgIpc) is 1.47. The van der Waals surface area contributed by atoms with Gasteiger partial charge < -0.3 is 45.6 Å². The van der Waals surface area contributed by atoms with Crippen molar-refractivity contribution in [2.45, 2.75) is 46.5 Å². The number of para-hydroxylation sites is 3. The summed E-state index contributed by atoms with van der Waals surface area (Å²) in [6.07, 6.45) is 4.44. The van der Waals surface area contributed by atoms with Gasteiger partial charge in [0.05, 0.1) is 61.1 Å². The molecule has 0 radical (unpaired) electrons. The molecule has 0 atom stereocenters. The number of halogens is 2. The first-order chi connectivity index (χ1) is 48.3. The van der Waals surface area contributed by atoms with Gasteiger partial charge in [0.15, 0.2) is 21.5 Å². The van der Waals surface area contributed by atoms with Crippen molar-refractivity contribution in [2.24, 2.45) is 5.41 Å². The van der Waals surface area contributed by atoms with Gasteiger partial charge in [-0.3, -0.25) is 24.0 Å². The second-order valence-corrected chi connectivity index (χ2v) is 30.5. The van der Waals surface area contributed by atoms with Gasteiger partial charge in [0, 0.05) is 113 Å². The second kappa shape index (κ2) is 26.7. The minimum absolute atomic E-state index is 0.00287. The average molecular weight is 1400 g/mol. The van der Waals surface area contributed by atoms with Crippen molar-refractivity contribution < 1.29 is 45.9 Å². The zero-order valence-corrected chi connectivity index (χ0v) is 57.4. The number of aryl methyl sites for hydroxylation is 2. The molecule has 6 aromatic carbocycles. The maximum Gasteiger partial charge on any atom is 0.265 e. The van der Waals surface area contributed by atoms with Crippen LogP contribution in [-0.4, -0.2) is 112 Å². The molecule has 0 bridgehead atoms. The quantitative estimate of drug-likeness (QED) is 0.0846. The van der Waals surface area contributed by atoms with E-state index in [9.17, 15) is 36.8 Å². The SMILES string of the molecule is Cc1cnc(N2CCS(=O)(=O)CC2)c(NC(=O)c2ccc(C(=O)N3CCc4cc(C(=O)Nc5c(F)ccc(-c6ccc(Nc7ccc(C(=O)N8CCc9cc(C(=O)Nc%10c(C)cccc%10F)sc9-c9ccccc98)cc7)c(N7CC8(CCOCC8)C7)n6)c5C)sc4-c4ccccc43)cc2)c1. The van der Waals surface area contributed by atoms with Crippen molar-refractivity contribution in [3.05, 3.63) is 230 Å². The van der Waals surface area contributed by atoms with E-state index in [1.54, 1.807) is 90.5 Å². The number of sulfone groups is 1. The Kier molecular flexibility index (Phi) is 17.5. The molecule has 4 N–H and O–H groups in total. The lowest BCUT2D eigenvalue weighted by molar-refractivity contribution is -0.000405. The smallest absolute Gasteiger partial charge is 0.265 e. The summed E-state index contributed by atoms with van der Waals surface area (Å²) in [6.45, 7) is 9.44. The van der Waals surface area contributed by atoms with Crippen LogP contribution in [0.1, 0.15) is 91.1 Å². The first-order valence-electron chi connectivity index (χ1n) is 33.1. The fourth-order valence-electron chi connectivity index (χ4n) is 14.0. The second-order valence-electron chi connectivity index (χ2n) is 26.1. The van der Waals surface area contributed by atoms with Crippen LogP contribution in [-0.2, 0) is 27.4 Å². The van der Waals surface area contributed by atoms with Gasteiger partial charge in [-0.05, 0) is 183 Å². The van der Waals surface area contributed by atoms with Crippen molar-refractivity contribution in [1.29, 1.82) is 0 Å². The highest BCUT2D eigenvalue weighted by molar-refractivity contribution is 7.91. The molecule has 5 aliphatic heterocycles. The van der Waals surface area contributed by atoms with Gasteiger partial charge in [0.2, 0.25) is 0 Å². The molecule has 1 spiro atoms. The van der Waals surface area contributed by atoms with E-state index in [0.29, 0.717) is 104 Å². The number of hydrogen-bond donors (Lipinski definition) is 4. The molecule has 3 fully saturated rings. The fourth-order valence-corrected chi connectivity index (χ4v) is 17.5. The van der Waals surface area contributed by atoms with Gasteiger partial charge in [-0.25, -0.2) is 27.2 Å². The Morgan fingerprint density at radius 1 is 0.550 bits per heavy atom. The highest BCUT2D eigenvalue weighted by Gasteiger charge is 2.45. The first-order valence-corrected chi connectivity index (χ1v) is 36.6. The summed E-state index contributed by atoms with van der Waals surface area (Å²) >= 11 is 2.59. The van der Waals surface area contributed by atoms with E-state index in [1.165, 1.54) is 34.8 Å². The number of hydrogen-bond acceptors (Lipinski definition) is 15. The molecular formula is C77H68F2N10O8S3. The van der Waals surface area contributed by atoms with Crippen LogP contribution in [0, 0.1) is 37.8 Å². The van der Waals surface area contributed by atoms with Gasteiger partial charge in [0.25, 0.3) is 29.5 Å².